The van der Waals surface area contributed by atoms with Gasteiger partial charge in [-0.2, -0.15) is 0 Å². The molecule has 0 radical (unpaired) electrons. The average Bonchev–Trinajstić information content (AvgIpc) is 2.42. The van der Waals surface area contributed by atoms with Crippen molar-refractivity contribution < 1.29 is 14.8 Å². The molecule has 0 aliphatic rings. The molecule has 21 heavy (non-hydrogen) atoms. The van der Waals surface area contributed by atoms with Crippen molar-refractivity contribution in [3.05, 3.63) is 55.6 Å². The Kier molecular flexibility index (Phi) is 4.39. The van der Waals surface area contributed by atoms with Gasteiger partial charge in [0, 0.05) is 16.7 Å². The van der Waals surface area contributed by atoms with Gasteiger partial charge >= 0.3 is 11.7 Å². The van der Waals surface area contributed by atoms with Crippen LogP contribution in [0.2, 0.25) is 5.02 Å². The molecule has 2 N–H and O–H groups in total. The van der Waals surface area contributed by atoms with Crippen LogP contribution in [0.15, 0.2) is 34.9 Å². The van der Waals surface area contributed by atoms with Gasteiger partial charge in [-0.05, 0) is 34.1 Å². The van der Waals surface area contributed by atoms with Crippen molar-refractivity contribution in [2.75, 3.05) is 5.32 Å². The molecule has 2 aromatic rings. The number of nitro groups is 1. The molecule has 9 heteroatoms. The first-order valence-electron chi connectivity index (χ1n) is 5.48. The molecule has 108 valence electrons. The summed E-state index contributed by atoms with van der Waals surface area (Å²) in [6.45, 7) is 0. The summed E-state index contributed by atoms with van der Waals surface area (Å²) < 4.78 is 0.465. The van der Waals surface area contributed by atoms with Crippen molar-refractivity contribution in [3.63, 3.8) is 0 Å². The fourth-order valence-corrected chi connectivity index (χ4v) is 2.09. The smallest absolute Gasteiger partial charge is 0.335 e. The maximum atomic E-state index is 11.0. The number of pyridine rings is 1. The molecule has 0 saturated carbocycles. The number of nitrogens with one attached hydrogen (secondary N) is 1. The van der Waals surface area contributed by atoms with Gasteiger partial charge in [0.05, 0.1) is 21.2 Å². The van der Waals surface area contributed by atoms with E-state index in [9.17, 15) is 14.9 Å². The predicted octanol–water partition coefficient (Wildman–Crippen LogP) is 3.85. The summed E-state index contributed by atoms with van der Waals surface area (Å²) in [5.41, 5.74) is 0.103. The zero-order chi connectivity index (χ0) is 15.6. The molecule has 0 unspecified atom stereocenters. The molecule has 1 aromatic carbocycles. The Morgan fingerprint density at radius 2 is 2.14 bits per heavy atom. The number of hydrogen-bond acceptors (Lipinski definition) is 5. The van der Waals surface area contributed by atoms with Gasteiger partial charge < -0.3 is 10.4 Å². The fourth-order valence-electron chi connectivity index (χ4n) is 1.54. The third kappa shape index (κ3) is 3.47. The number of aromatic nitrogens is 1. The fraction of sp³-hybridized carbons (Fsp3) is 0. The molecule has 7 nitrogen and oxygen atoms in total. The lowest BCUT2D eigenvalue weighted by Gasteiger charge is -2.08. The Labute approximate surface area is 131 Å². The molecule has 0 fully saturated rings. The van der Waals surface area contributed by atoms with Gasteiger partial charge in [-0.1, -0.05) is 11.6 Å². The zero-order valence-corrected chi connectivity index (χ0v) is 12.6. The Bertz CT molecular complexity index is 738. The zero-order valence-electron chi connectivity index (χ0n) is 10.2. The van der Waals surface area contributed by atoms with E-state index in [1.54, 1.807) is 0 Å². The topological polar surface area (TPSA) is 105 Å². The van der Waals surface area contributed by atoms with Gasteiger partial charge in [-0.15, -0.1) is 0 Å². The van der Waals surface area contributed by atoms with Gasteiger partial charge in [0.1, 0.15) is 0 Å². The number of carboxylic acids is 1. The second-order valence-corrected chi connectivity index (χ2v) is 5.23. The number of aromatic carboxylic acids is 1. The summed E-state index contributed by atoms with van der Waals surface area (Å²) in [7, 11) is 0. The van der Waals surface area contributed by atoms with Gasteiger partial charge in [-0.25, -0.2) is 9.78 Å². The highest BCUT2D eigenvalue weighted by Crippen LogP contribution is 2.31. The summed E-state index contributed by atoms with van der Waals surface area (Å²) in [5, 5.41) is 22.7. The first-order chi connectivity index (χ1) is 9.88. The Morgan fingerprint density at radius 3 is 2.71 bits per heavy atom. The molecule has 0 aliphatic carbocycles. The van der Waals surface area contributed by atoms with Crippen molar-refractivity contribution in [2.24, 2.45) is 0 Å². The van der Waals surface area contributed by atoms with Crippen LogP contribution in [0, 0.1) is 10.1 Å². The van der Waals surface area contributed by atoms with E-state index >= 15 is 0 Å². The van der Waals surface area contributed by atoms with Crippen LogP contribution in [-0.2, 0) is 0 Å². The number of benzene rings is 1. The highest BCUT2D eigenvalue weighted by molar-refractivity contribution is 9.10. The van der Waals surface area contributed by atoms with Gasteiger partial charge in [0.2, 0.25) is 5.82 Å². The van der Waals surface area contributed by atoms with Crippen LogP contribution in [0.3, 0.4) is 0 Å². The van der Waals surface area contributed by atoms with Crippen LogP contribution in [0.1, 0.15) is 10.4 Å². The standard InChI is InChI=1S/C12H7BrClN3O4/c13-7-4-10(17(20)21)11(15-5-7)16-9-2-1-6(12(18)19)3-8(9)14/h1-5H,(H,15,16)(H,18,19). The van der Waals surface area contributed by atoms with Gasteiger partial charge in [0.15, 0.2) is 0 Å². The number of anilines is 2. The quantitative estimate of drug-likeness (QED) is 0.624. The number of rotatable bonds is 4. The minimum atomic E-state index is -1.11. The van der Waals surface area contributed by atoms with Crippen molar-refractivity contribution >= 4 is 50.7 Å². The maximum absolute atomic E-state index is 11.0. The van der Waals surface area contributed by atoms with E-state index < -0.39 is 10.9 Å². The molecular formula is C12H7BrClN3O4. The summed E-state index contributed by atoms with van der Waals surface area (Å²) in [4.78, 5) is 25.1. The number of carbonyl (C=O) groups is 1. The van der Waals surface area contributed by atoms with Crippen molar-refractivity contribution in [2.45, 2.75) is 0 Å². The van der Waals surface area contributed by atoms with Crippen molar-refractivity contribution in [1.82, 2.24) is 4.98 Å². The Hall–Kier alpha value is -2.19. The molecule has 0 atom stereocenters. The van der Waals surface area contributed by atoms with Gasteiger partial charge in [-0.3, -0.25) is 10.1 Å². The summed E-state index contributed by atoms with van der Waals surface area (Å²) in [6, 6.07) is 5.30. The lowest BCUT2D eigenvalue weighted by atomic mass is 10.2. The normalized spacial score (nSPS) is 10.2. The predicted molar refractivity (Wildman–Crippen MR) is 80.3 cm³/mol. The Balaban J connectivity index is 2.39. The van der Waals surface area contributed by atoms with Crippen LogP contribution in [0.25, 0.3) is 0 Å². The first kappa shape index (κ1) is 15.2. The van der Waals surface area contributed by atoms with E-state index in [0.717, 1.165) is 0 Å². The van der Waals surface area contributed by atoms with Crippen LogP contribution in [0.5, 0.6) is 0 Å². The van der Waals surface area contributed by atoms with Crippen molar-refractivity contribution in [3.8, 4) is 0 Å². The molecule has 1 aromatic heterocycles. The van der Waals surface area contributed by atoms with Gasteiger partial charge in [0.25, 0.3) is 0 Å². The third-order valence-electron chi connectivity index (χ3n) is 2.50. The second-order valence-electron chi connectivity index (χ2n) is 3.90. The number of halogens is 2. The summed E-state index contributed by atoms with van der Waals surface area (Å²) >= 11 is 9.06. The minimum Gasteiger partial charge on any atom is -0.478 e. The number of hydrogen-bond donors (Lipinski definition) is 2. The summed E-state index contributed by atoms with van der Waals surface area (Å²) in [5.74, 6) is -1.11. The lowest BCUT2D eigenvalue weighted by molar-refractivity contribution is -0.384. The largest absolute Gasteiger partial charge is 0.478 e. The van der Waals surface area contributed by atoms with E-state index in [0.29, 0.717) is 10.2 Å². The van der Waals surface area contributed by atoms with Crippen LogP contribution < -0.4 is 5.32 Å². The molecule has 2 rings (SSSR count). The van der Waals surface area contributed by atoms with Crippen LogP contribution >= 0.6 is 27.5 Å². The maximum Gasteiger partial charge on any atom is 0.335 e. The van der Waals surface area contributed by atoms with E-state index in [-0.39, 0.29) is 22.1 Å². The highest BCUT2D eigenvalue weighted by Gasteiger charge is 2.17. The molecular weight excluding hydrogens is 366 g/mol. The minimum absolute atomic E-state index is 0.00757. The average molecular weight is 373 g/mol. The molecule has 0 amide bonds. The van der Waals surface area contributed by atoms with E-state index in [1.807, 2.05) is 0 Å². The van der Waals surface area contributed by atoms with E-state index in [1.165, 1.54) is 30.5 Å². The molecule has 1 heterocycles. The monoisotopic (exact) mass is 371 g/mol. The van der Waals surface area contributed by atoms with E-state index in [4.69, 9.17) is 16.7 Å². The molecule has 0 bridgehead atoms. The molecule has 0 aliphatic heterocycles. The SMILES string of the molecule is O=C(O)c1ccc(Nc2ncc(Br)cc2[N+](=O)[O-])c(Cl)c1. The number of nitrogens with zero attached hydrogens (tertiary/aromatic N) is 2. The Morgan fingerprint density at radius 1 is 1.43 bits per heavy atom. The van der Waals surface area contributed by atoms with E-state index in [2.05, 4.69) is 26.2 Å². The summed E-state index contributed by atoms with van der Waals surface area (Å²) in [6.07, 6.45) is 1.40. The molecule has 0 spiro atoms. The van der Waals surface area contributed by atoms with Crippen molar-refractivity contribution in [1.29, 1.82) is 0 Å². The number of carboxylic acid groups (broad SMARTS) is 1. The third-order valence-corrected chi connectivity index (χ3v) is 3.25. The molecule has 0 saturated heterocycles. The van der Waals surface area contributed by atoms with Crippen LogP contribution in [0.4, 0.5) is 17.2 Å². The van der Waals surface area contributed by atoms with Crippen LogP contribution in [-0.4, -0.2) is 21.0 Å². The first-order valence-corrected chi connectivity index (χ1v) is 6.65. The lowest BCUT2D eigenvalue weighted by Crippen LogP contribution is -2.01. The highest BCUT2D eigenvalue weighted by atomic mass is 79.9. The second kappa shape index (κ2) is 6.06.